The summed E-state index contributed by atoms with van der Waals surface area (Å²) in [6.07, 6.45) is 3.40. The van der Waals surface area contributed by atoms with Crippen molar-refractivity contribution < 1.29 is 18.8 Å². The Kier molecular flexibility index (Phi) is 4.49. The van der Waals surface area contributed by atoms with E-state index in [-0.39, 0.29) is 5.69 Å². The average Bonchev–Trinajstić information content (AvgIpc) is 2.94. The van der Waals surface area contributed by atoms with E-state index in [0.29, 0.717) is 23.9 Å². The van der Waals surface area contributed by atoms with Crippen molar-refractivity contribution in [1.82, 2.24) is 10.1 Å². The van der Waals surface area contributed by atoms with Gasteiger partial charge >= 0.3 is 5.97 Å². The Morgan fingerprint density at radius 1 is 1.40 bits per heavy atom. The summed E-state index contributed by atoms with van der Waals surface area (Å²) in [6.45, 7) is 2.03. The SMILES string of the molecule is CCOC(=O)c1cc(/C=C/c2cccc(OC)n2)on1. The molecule has 2 aromatic heterocycles. The maximum atomic E-state index is 11.4. The van der Waals surface area contributed by atoms with Crippen molar-refractivity contribution >= 4 is 18.1 Å². The molecule has 0 atom stereocenters. The van der Waals surface area contributed by atoms with E-state index in [1.54, 1.807) is 32.3 Å². The lowest BCUT2D eigenvalue weighted by molar-refractivity contribution is 0.0514. The Morgan fingerprint density at radius 2 is 2.25 bits per heavy atom. The van der Waals surface area contributed by atoms with Crippen LogP contribution >= 0.6 is 0 Å². The molecular formula is C14H14N2O4. The molecule has 0 amide bonds. The molecule has 0 radical (unpaired) electrons. The third kappa shape index (κ3) is 3.44. The molecule has 20 heavy (non-hydrogen) atoms. The molecule has 0 bridgehead atoms. The van der Waals surface area contributed by atoms with Gasteiger partial charge in [-0.25, -0.2) is 9.78 Å². The van der Waals surface area contributed by atoms with Crippen LogP contribution in [0.15, 0.2) is 28.8 Å². The standard InChI is InChI=1S/C14H14N2O4/c1-3-19-14(17)12-9-11(20-16-12)8-7-10-5-4-6-13(15-10)18-2/h4-9H,3H2,1-2H3/b8-7+. The smallest absolute Gasteiger partial charge is 0.360 e. The van der Waals surface area contributed by atoms with Gasteiger partial charge in [0.1, 0.15) is 0 Å². The third-order valence-corrected chi connectivity index (χ3v) is 2.39. The molecule has 0 unspecified atom stereocenters. The van der Waals surface area contributed by atoms with E-state index < -0.39 is 5.97 Å². The minimum absolute atomic E-state index is 0.144. The van der Waals surface area contributed by atoms with Crippen molar-refractivity contribution in [2.24, 2.45) is 0 Å². The molecule has 0 N–H and O–H groups in total. The number of carbonyl (C=O) groups is 1. The molecule has 2 rings (SSSR count). The Balaban J connectivity index is 2.09. The average molecular weight is 274 g/mol. The van der Waals surface area contributed by atoms with Crippen molar-refractivity contribution in [2.75, 3.05) is 13.7 Å². The van der Waals surface area contributed by atoms with Crippen molar-refractivity contribution in [3.8, 4) is 5.88 Å². The normalized spacial score (nSPS) is 10.7. The highest BCUT2D eigenvalue weighted by Gasteiger charge is 2.11. The van der Waals surface area contributed by atoms with Crippen LogP contribution in [0.2, 0.25) is 0 Å². The highest BCUT2D eigenvalue weighted by molar-refractivity contribution is 5.87. The topological polar surface area (TPSA) is 74.5 Å². The quantitative estimate of drug-likeness (QED) is 0.779. The van der Waals surface area contributed by atoms with E-state index in [1.165, 1.54) is 6.07 Å². The zero-order valence-electron chi connectivity index (χ0n) is 11.2. The molecule has 0 fully saturated rings. The van der Waals surface area contributed by atoms with Gasteiger partial charge in [0.15, 0.2) is 11.5 Å². The number of esters is 1. The molecule has 0 saturated heterocycles. The van der Waals surface area contributed by atoms with E-state index in [1.807, 2.05) is 12.1 Å². The second-order valence-corrected chi connectivity index (χ2v) is 3.77. The van der Waals surface area contributed by atoms with Gasteiger partial charge in [0.05, 0.1) is 19.4 Å². The van der Waals surface area contributed by atoms with E-state index >= 15 is 0 Å². The first kappa shape index (κ1) is 13.8. The van der Waals surface area contributed by atoms with Gasteiger partial charge in [-0.3, -0.25) is 0 Å². The zero-order valence-corrected chi connectivity index (χ0v) is 11.2. The number of hydrogen-bond acceptors (Lipinski definition) is 6. The summed E-state index contributed by atoms with van der Waals surface area (Å²) in [6, 6.07) is 6.91. The first-order valence-electron chi connectivity index (χ1n) is 6.06. The lowest BCUT2D eigenvalue weighted by atomic mass is 10.3. The molecule has 0 aliphatic carbocycles. The molecule has 0 aromatic carbocycles. The van der Waals surface area contributed by atoms with Crippen LogP contribution in [0.5, 0.6) is 5.88 Å². The van der Waals surface area contributed by atoms with Gasteiger partial charge in [0, 0.05) is 12.1 Å². The maximum Gasteiger partial charge on any atom is 0.360 e. The van der Waals surface area contributed by atoms with E-state index in [9.17, 15) is 4.79 Å². The van der Waals surface area contributed by atoms with E-state index in [4.69, 9.17) is 14.0 Å². The van der Waals surface area contributed by atoms with Gasteiger partial charge in [0.2, 0.25) is 5.88 Å². The summed E-state index contributed by atoms with van der Waals surface area (Å²) >= 11 is 0. The van der Waals surface area contributed by atoms with Crippen molar-refractivity contribution in [2.45, 2.75) is 6.92 Å². The van der Waals surface area contributed by atoms with Crippen LogP contribution in [0.25, 0.3) is 12.2 Å². The molecule has 0 saturated carbocycles. The summed E-state index contributed by atoms with van der Waals surface area (Å²) in [7, 11) is 1.55. The summed E-state index contributed by atoms with van der Waals surface area (Å²) < 4.78 is 14.9. The fourth-order valence-electron chi connectivity index (χ4n) is 1.47. The number of hydrogen-bond donors (Lipinski definition) is 0. The first-order chi connectivity index (χ1) is 9.72. The largest absolute Gasteiger partial charge is 0.481 e. The number of aromatic nitrogens is 2. The number of nitrogens with zero attached hydrogens (tertiary/aromatic N) is 2. The molecule has 104 valence electrons. The highest BCUT2D eigenvalue weighted by Crippen LogP contribution is 2.12. The van der Waals surface area contributed by atoms with Crippen LogP contribution < -0.4 is 4.74 Å². The van der Waals surface area contributed by atoms with Gasteiger partial charge in [-0.1, -0.05) is 11.2 Å². The first-order valence-corrected chi connectivity index (χ1v) is 6.06. The summed E-state index contributed by atoms with van der Waals surface area (Å²) in [5.74, 6) is 0.463. The predicted octanol–water partition coefficient (Wildman–Crippen LogP) is 2.43. The predicted molar refractivity (Wildman–Crippen MR) is 72.2 cm³/mol. The molecular weight excluding hydrogens is 260 g/mol. The van der Waals surface area contributed by atoms with Gasteiger partial charge in [0.25, 0.3) is 0 Å². The van der Waals surface area contributed by atoms with Crippen LogP contribution in [0.3, 0.4) is 0 Å². The van der Waals surface area contributed by atoms with Gasteiger partial charge in [-0.05, 0) is 25.1 Å². The fourth-order valence-corrected chi connectivity index (χ4v) is 1.47. The van der Waals surface area contributed by atoms with Gasteiger partial charge in [-0.15, -0.1) is 0 Å². The lowest BCUT2D eigenvalue weighted by Crippen LogP contribution is -2.04. The van der Waals surface area contributed by atoms with E-state index in [2.05, 4.69) is 10.1 Å². The van der Waals surface area contributed by atoms with Gasteiger partial charge in [-0.2, -0.15) is 0 Å². The zero-order chi connectivity index (χ0) is 14.4. The molecule has 6 nitrogen and oxygen atoms in total. The Labute approximate surface area is 116 Å². The third-order valence-electron chi connectivity index (χ3n) is 2.39. The van der Waals surface area contributed by atoms with Crippen LogP contribution in [-0.2, 0) is 4.74 Å². The molecule has 6 heteroatoms. The van der Waals surface area contributed by atoms with Crippen LogP contribution in [-0.4, -0.2) is 29.8 Å². The Hall–Kier alpha value is -2.63. The maximum absolute atomic E-state index is 11.4. The molecule has 0 spiro atoms. The van der Waals surface area contributed by atoms with Crippen LogP contribution in [0, 0.1) is 0 Å². The van der Waals surface area contributed by atoms with Crippen LogP contribution in [0.1, 0.15) is 28.9 Å². The van der Waals surface area contributed by atoms with Gasteiger partial charge < -0.3 is 14.0 Å². The monoisotopic (exact) mass is 274 g/mol. The van der Waals surface area contributed by atoms with Crippen molar-refractivity contribution in [3.05, 3.63) is 41.4 Å². The second-order valence-electron chi connectivity index (χ2n) is 3.77. The van der Waals surface area contributed by atoms with E-state index in [0.717, 1.165) is 0 Å². The highest BCUT2D eigenvalue weighted by atomic mass is 16.5. The van der Waals surface area contributed by atoms with Crippen LogP contribution in [0.4, 0.5) is 0 Å². The number of rotatable bonds is 5. The molecule has 0 aliphatic rings. The van der Waals surface area contributed by atoms with Crippen molar-refractivity contribution in [3.63, 3.8) is 0 Å². The number of methoxy groups -OCH3 is 1. The minimum Gasteiger partial charge on any atom is -0.481 e. The molecule has 2 aromatic rings. The Bertz CT molecular complexity index is 619. The number of pyridine rings is 1. The minimum atomic E-state index is -0.504. The number of ether oxygens (including phenoxy) is 2. The summed E-state index contributed by atoms with van der Waals surface area (Å²) in [5.41, 5.74) is 0.850. The summed E-state index contributed by atoms with van der Waals surface area (Å²) in [5, 5.41) is 3.63. The fraction of sp³-hybridized carbons (Fsp3) is 0.214. The van der Waals surface area contributed by atoms with Crippen molar-refractivity contribution in [1.29, 1.82) is 0 Å². The number of carbonyl (C=O) groups excluding carboxylic acids is 1. The second kappa shape index (κ2) is 6.51. The molecule has 2 heterocycles. The summed E-state index contributed by atoms with van der Waals surface area (Å²) in [4.78, 5) is 15.6. The molecule has 0 aliphatic heterocycles. The Morgan fingerprint density at radius 3 is 3.00 bits per heavy atom. The lowest BCUT2D eigenvalue weighted by Gasteiger charge is -1.98.